The highest BCUT2D eigenvalue weighted by atomic mass is 32.2. The maximum Gasteiger partial charge on any atom is 0.244 e. The number of nitrogens with zero attached hydrogens (tertiary/aromatic N) is 2. The van der Waals surface area contributed by atoms with Gasteiger partial charge in [-0.1, -0.05) is 24.3 Å². The van der Waals surface area contributed by atoms with E-state index in [0.717, 1.165) is 17.3 Å². The number of sulfonamides is 1. The molecule has 0 radical (unpaired) electrons. The van der Waals surface area contributed by atoms with Crippen LogP contribution in [0.2, 0.25) is 0 Å². The lowest BCUT2D eigenvalue weighted by Gasteiger charge is -2.15. The Morgan fingerprint density at radius 2 is 1.83 bits per heavy atom. The smallest absolute Gasteiger partial charge is 0.244 e. The van der Waals surface area contributed by atoms with Crippen LogP contribution < -0.4 is 4.72 Å². The minimum Gasteiger partial charge on any atom is -0.306 e. The lowest BCUT2D eigenvalue weighted by Crippen LogP contribution is -2.27. The third kappa shape index (κ3) is 3.37. The van der Waals surface area contributed by atoms with Crippen molar-refractivity contribution < 1.29 is 12.8 Å². The van der Waals surface area contributed by atoms with Gasteiger partial charge in [-0.2, -0.15) is 0 Å². The normalized spacial score (nSPS) is 12.9. The lowest BCUT2D eigenvalue weighted by atomic mass is 10.1. The lowest BCUT2D eigenvalue weighted by molar-refractivity contribution is 0.547. The number of hydrogen-bond acceptors (Lipinski definition) is 3. The first-order valence-corrected chi connectivity index (χ1v) is 8.81. The van der Waals surface area contributed by atoms with Crippen molar-refractivity contribution in [2.45, 2.75) is 17.9 Å². The second-order valence-corrected chi connectivity index (χ2v) is 7.02. The van der Waals surface area contributed by atoms with E-state index >= 15 is 0 Å². The number of hydrogen-bond donors (Lipinski definition) is 1. The number of halogens is 1. The van der Waals surface area contributed by atoms with Crippen LogP contribution in [0.1, 0.15) is 18.5 Å². The maximum absolute atomic E-state index is 13.7. The van der Waals surface area contributed by atoms with Gasteiger partial charge in [0.15, 0.2) is 0 Å². The van der Waals surface area contributed by atoms with Crippen LogP contribution in [0.25, 0.3) is 5.69 Å². The largest absolute Gasteiger partial charge is 0.306 e. The van der Waals surface area contributed by atoms with E-state index in [-0.39, 0.29) is 4.90 Å². The summed E-state index contributed by atoms with van der Waals surface area (Å²) in [6.07, 6.45) is 5.18. The number of aromatic nitrogens is 2. The minimum absolute atomic E-state index is 0.355. The van der Waals surface area contributed by atoms with Crippen LogP contribution in [-0.4, -0.2) is 18.0 Å². The number of benzene rings is 2. The van der Waals surface area contributed by atoms with Crippen molar-refractivity contribution in [2.75, 3.05) is 0 Å². The van der Waals surface area contributed by atoms with Gasteiger partial charge in [-0.05, 0) is 36.8 Å². The van der Waals surface area contributed by atoms with Gasteiger partial charge in [0, 0.05) is 24.1 Å². The summed E-state index contributed by atoms with van der Waals surface area (Å²) in [5.41, 5.74) is 1.69. The third-order valence-corrected chi connectivity index (χ3v) is 5.23. The van der Waals surface area contributed by atoms with Gasteiger partial charge in [0.1, 0.15) is 10.7 Å². The Balaban J connectivity index is 1.80. The molecule has 0 aliphatic rings. The van der Waals surface area contributed by atoms with E-state index in [1.54, 1.807) is 19.4 Å². The van der Waals surface area contributed by atoms with E-state index in [2.05, 4.69) is 9.71 Å². The fourth-order valence-electron chi connectivity index (χ4n) is 2.37. The Kier molecular flexibility index (Phi) is 4.46. The van der Waals surface area contributed by atoms with Gasteiger partial charge in [0.05, 0.1) is 6.33 Å². The average molecular weight is 345 g/mol. The Morgan fingerprint density at radius 1 is 1.12 bits per heavy atom. The SMILES string of the molecule is C[C@@H](NS(=O)(=O)c1ccccc1F)c1ccc(-n2ccnc2)cc1. The number of nitrogens with one attached hydrogen (secondary N) is 1. The molecule has 0 spiro atoms. The first-order valence-electron chi connectivity index (χ1n) is 7.32. The van der Waals surface area contributed by atoms with E-state index in [0.29, 0.717) is 0 Å². The van der Waals surface area contributed by atoms with Crippen molar-refractivity contribution >= 4 is 10.0 Å². The highest BCUT2D eigenvalue weighted by Gasteiger charge is 2.21. The molecule has 0 aliphatic carbocycles. The van der Waals surface area contributed by atoms with Crippen molar-refractivity contribution in [3.63, 3.8) is 0 Å². The predicted molar refractivity (Wildman–Crippen MR) is 88.7 cm³/mol. The Morgan fingerprint density at radius 3 is 2.46 bits per heavy atom. The molecule has 24 heavy (non-hydrogen) atoms. The van der Waals surface area contributed by atoms with Gasteiger partial charge < -0.3 is 4.57 Å². The van der Waals surface area contributed by atoms with Crippen molar-refractivity contribution in [2.24, 2.45) is 0 Å². The van der Waals surface area contributed by atoms with Crippen LogP contribution in [-0.2, 0) is 10.0 Å². The zero-order valence-corrected chi connectivity index (χ0v) is 13.7. The van der Waals surface area contributed by atoms with Crippen molar-refractivity contribution in [1.29, 1.82) is 0 Å². The van der Waals surface area contributed by atoms with Gasteiger partial charge in [-0.15, -0.1) is 0 Å². The number of rotatable bonds is 5. The van der Waals surface area contributed by atoms with Gasteiger partial charge in [0.2, 0.25) is 10.0 Å². The molecule has 5 nitrogen and oxygen atoms in total. The summed E-state index contributed by atoms with van der Waals surface area (Å²) in [6.45, 7) is 1.71. The fourth-order valence-corrected chi connectivity index (χ4v) is 3.68. The van der Waals surface area contributed by atoms with Crippen LogP contribution in [0.4, 0.5) is 4.39 Å². The first kappa shape index (κ1) is 16.4. The zero-order chi connectivity index (χ0) is 17.2. The fraction of sp³-hybridized carbons (Fsp3) is 0.118. The maximum atomic E-state index is 13.7. The molecular formula is C17H16FN3O2S. The standard InChI is InChI=1S/C17H16FN3O2S/c1-13(20-24(22,23)17-5-3-2-4-16(17)18)14-6-8-15(9-7-14)21-11-10-19-12-21/h2-13,20H,1H3/t13-/m1/s1. The Labute approximate surface area is 139 Å². The average Bonchev–Trinajstić information content (AvgIpc) is 3.09. The molecule has 0 aliphatic heterocycles. The summed E-state index contributed by atoms with van der Waals surface area (Å²) in [6, 6.07) is 12.2. The molecule has 124 valence electrons. The molecule has 1 aromatic heterocycles. The molecule has 0 bridgehead atoms. The van der Waals surface area contributed by atoms with E-state index in [4.69, 9.17) is 0 Å². The quantitative estimate of drug-likeness (QED) is 0.773. The van der Waals surface area contributed by atoms with Crippen molar-refractivity contribution in [3.05, 3.63) is 78.6 Å². The molecule has 0 saturated heterocycles. The van der Waals surface area contributed by atoms with Crippen molar-refractivity contribution in [1.82, 2.24) is 14.3 Å². The van der Waals surface area contributed by atoms with Gasteiger partial charge in [0.25, 0.3) is 0 Å². The second kappa shape index (κ2) is 6.54. The summed E-state index contributed by atoms with van der Waals surface area (Å²) >= 11 is 0. The molecular weight excluding hydrogens is 329 g/mol. The molecule has 0 saturated carbocycles. The molecule has 2 aromatic carbocycles. The van der Waals surface area contributed by atoms with Gasteiger partial charge in [-0.25, -0.2) is 22.5 Å². The predicted octanol–water partition coefficient (Wildman–Crippen LogP) is 3.05. The van der Waals surface area contributed by atoms with Crippen LogP contribution >= 0.6 is 0 Å². The molecule has 3 aromatic rings. The van der Waals surface area contributed by atoms with Crippen LogP contribution in [0, 0.1) is 5.82 Å². The van der Waals surface area contributed by atoms with Crippen LogP contribution in [0.5, 0.6) is 0 Å². The molecule has 1 atom stereocenters. The van der Waals surface area contributed by atoms with Crippen LogP contribution in [0.3, 0.4) is 0 Å². The molecule has 0 amide bonds. The van der Waals surface area contributed by atoms with Gasteiger partial charge >= 0.3 is 0 Å². The highest BCUT2D eigenvalue weighted by Crippen LogP contribution is 2.20. The molecule has 7 heteroatoms. The Hall–Kier alpha value is -2.51. The summed E-state index contributed by atoms with van der Waals surface area (Å²) in [7, 11) is -3.93. The summed E-state index contributed by atoms with van der Waals surface area (Å²) in [4.78, 5) is 3.63. The Bertz CT molecular complexity index is 923. The van der Waals surface area contributed by atoms with E-state index in [9.17, 15) is 12.8 Å². The molecule has 0 fully saturated rings. The van der Waals surface area contributed by atoms with Crippen LogP contribution in [0.15, 0.2) is 72.1 Å². The van der Waals surface area contributed by atoms with Crippen molar-refractivity contribution in [3.8, 4) is 5.69 Å². The summed E-state index contributed by atoms with van der Waals surface area (Å²) < 4.78 is 42.7. The highest BCUT2D eigenvalue weighted by molar-refractivity contribution is 7.89. The third-order valence-electron chi connectivity index (χ3n) is 3.65. The van der Waals surface area contributed by atoms with E-state index in [1.807, 2.05) is 35.0 Å². The van der Waals surface area contributed by atoms with E-state index < -0.39 is 21.9 Å². The zero-order valence-electron chi connectivity index (χ0n) is 12.9. The topological polar surface area (TPSA) is 64.0 Å². The minimum atomic E-state index is -3.93. The molecule has 1 N–H and O–H groups in total. The number of imidazole rings is 1. The summed E-state index contributed by atoms with van der Waals surface area (Å²) in [5, 5.41) is 0. The van der Waals surface area contributed by atoms with E-state index in [1.165, 1.54) is 18.2 Å². The molecule has 3 rings (SSSR count). The first-order chi connectivity index (χ1) is 11.5. The second-order valence-electron chi connectivity index (χ2n) is 5.33. The molecule has 0 unspecified atom stereocenters. The molecule has 1 heterocycles. The summed E-state index contributed by atoms with van der Waals surface area (Å²) in [5.74, 6) is -0.771. The monoisotopic (exact) mass is 345 g/mol. The van der Waals surface area contributed by atoms with Gasteiger partial charge in [-0.3, -0.25) is 0 Å².